The van der Waals surface area contributed by atoms with E-state index in [-0.39, 0.29) is 6.61 Å². The van der Waals surface area contributed by atoms with Crippen LogP contribution in [0.5, 0.6) is 0 Å². The minimum absolute atomic E-state index is 0.200. The summed E-state index contributed by atoms with van der Waals surface area (Å²) in [5.74, 6) is 0. The number of benzene rings is 1. The van der Waals surface area contributed by atoms with Gasteiger partial charge in [-0.2, -0.15) is 0 Å². The Bertz CT molecular complexity index is 363. The van der Waals surface area contributed by atoms with E-state index in [1.807, 2.05) is 11.9 Å². The molecule has 0 saturated carbocycles. The van der Waals surface area contributed by atoms with Crippen molar-refractivity contribution in [2.75, 3.05) is 25.1 Å². The second kappa shape index (κ2) is 5.32. The zero-order chi connectivity index (χ0) is 12.3. The van der Waals surface area contributed by atoms with Crippen molar-refractivity contribution in [3.05, 3.63) is 28.8 Å². The van der Waals surface area contributed by atoms with Crippen molar-refractivity contribution in [2.24, 2.45) is 0 Å². The van der Waals surface area contributed by atoms with Crippen LogP contribution in [0.4, 0.5) is 5.69 Å². The molecular weight excluding hydrogens is 202 g/mol. The molecule has 0 radical (unpaired) electrons. The molecule has 0 fully saturated rings. The van der Waals surface area contributed by atoms with Crippen LogP contribution in [0.1, 0.15) is 16.7 Å². The highest BCUT2D eigenvalue weighted by molar-refractivity contribution is 5.56. The first kappa shape index (κ1) is 13.0. The lowest BCUT2D eigenvalue weighted by Gasteiger charge is -2.24. The first-order valence-electron chi connectivity index (χ1n) is 5.53. The lowest BCUT2D eigenvalue weighted by molar-refractivity contribution is 0.101. The lowest BCUT2D eigenvalue weighted by Crippen LogP contribution is -2.31. The van der Waals surface area contributed by atoms with Crippen LogP contribution in [-0.4, -0.2) is 36.5 Å². The van der Waals surface area contributed by atoms with Gasteiger partial charge in [-0.3, -0.25) is 0 Å². The van der Waals surface area contributed by atoms with Gasteiger partial charge in [-0.05, 0) is 43.5 Å². The van der Waals surface area contributed by atoms with Crippen molar-refractivity contribution in [3.8, 4) is 0 Å². The molecule has 1 atom stereocenters. The monoisotopic (exact) mass is 223 g/mol. The van der Waals surface area contributed by atoms with Crippen LogP contribution in [0.2, 0.25) is 0 Å². The Morgan fingerprint density at radius 2 is 1.69 bits per heavy atom. The third-order valence-electron chi connectivity index (χ3n) is 2.92. The molecule has 0 amide bonds. The van der Waals surface area contributed by atoms with Gasteiger partial charge in [0.1, 0.15) is 0 Å². The topological polar surface area (TPSA) is 43.7 Å². The van der Waals surface area contributed by atoms with E-state index in [4.69, 9.17) is 5.11 Å². The summed E-state index contributed by atoms with van der Waals surface area (Å²) in [5, 5.41) is 18.2. The lowest BCUT2D eigenvalue weighted by atomic mass is 10.0. The Morgan fingerprint density at radius 3 is 2.25 bits per heavy atom. The first-order valence-corrected chi connectivity index (χ1v) is 5.53. The average molecular weight is 223 g/mol. The molecule has 0 bridgehead atoms. The van der Waals surface area contributed by atoms with Gasteiger partial charge in [0.15, 0.2) is 0 Å². The molecule has 0 spiro atoms. The van der Waals surface area contributed by atoms with Crippen molar-refractivity contribution < 1.29 is 10.2 Å². The van der Waals surface area contributed by atoms with E-state index in [1.165, 1.54) is 16.7 Å². The van der Waals surface area contributed by atoms with E-state index < -0.39 is 6.10 Å². The molecule has 16 heavy (non-hydrogen) atoms. The molecule has 0 aliphatic carbocycles. The quantitative estimate of drug-likeness (QED) is 0.811. The van der Waals surface area contributed by atoms with E-state index in [1.54, 1.807) is 0 Å². The normalized spacial score (nSPS) is 12.6. The number of aliphatic hydroxyl groups excluding tert-OH is 2. The van der Waals surface area contributed by atoms with Crippen LogP contribution in [0.15, 0.2) is 12.1 Å². The smallest absolute Gasteiger partial charge is 0.0945 e. The molecule has 1 unspecified atom stereocenters. The highest BCUT2D eigenvalue weighted by Crippen LogP contribution is 2.23. The Balaban J connectivity index is 2.91. The van der Waals surface area contributed by atoms with Gasteiger partial charge in [0, 0.05) is 19.3 Å². The Morgan fingerprint density at radius 1 is 1.12 bits per heavy atom. The Hall–Kier alpha value is -1.06. The third-order valence-corrected chi connectivity index (χ3v) is 2.92. The van der Waals surface area contributed by atoms with Crippen LogP contribution >= 0.6 is 0 Å². The van der Waals surface area contributed by atoms with Gasteiger partial charge in [-0.15, -0.1) is 0 Å². The summed E-state index contributed by atoms with van der Waals surface area (Å²) >= 11 is 0. The molecule has 0 aliphatic heterocycles. The summed E-state index contributed by atoms with van der Waals surface area (Å²) in [4.78, 5) is 1.97. The fourth-order valence-electron chi connectivity index (χ4n) is 1.83. The summed E-state index contributed by atoms with van der Waals surface area (Å²) < 4.78 is 0. The zero-order valence-corrected chi connectivity index (χ0v) is 10.5. The number of hydrogen-bond donors (Lipinski definition) is 2. The predicted octanol–water partition coefficient (Wildman–Crippen LogP) is 1.40. The van der Waals surface area contributed by atoms with E-state index in [9.17, 15) is 5.11 Å². The van der Waals surface area contributed by atoms with E-state index >= 15 is 0 Å². The number of hydrogen-bond acceptors (Lipinski definition) is 3. The predicted molar refractivity (Wildman–Crippen MR) is 67.0 cm³/mol. The minimum atomic E-state index is -0.689. The van der Waals surface area contributed by atoms with E-state index in [0.717, 1.165) is 5.69 Å². The molecule has 90 valence electrons. The standard InChI is InChI=1S/C13H21NO2/c1-9-5-11(3)13(6-10(9)2)14(4)7-12(16)8-15/h5-6,12,15-16H,7-8H2,1-4H3. The maximum absolute atomic E-state index is 9.41. The highest BCUT2D eigenvalue weighted by atomic mass is 16.3. The molecule has 0 aliphatic rings. The molecule has 0 aromatic heterocycles. The molecule has 2 N–H and O–H groups in total. The van der Waals surface area contributed by atoms with Gasteiger partial charge < -0.3 is 15.1 Å². The van der Waals surface area contributed by atoms with E-state index in [2.05, 4.69) is 32.9 Å². The Kier molecular flexibility index (Phi) is 4.33. The van der Waals surface area contributed by atoms with Gasteiger partial charge in [-0.25, -0.2) is 0 Å². The number of anilines is 1. The van der Waals surface area contributed by atoms with Gasteiger partial charge in [0.2, 0.25) is 0 Å². The summed E-state index contributed by atoms with van der Waals surface area (Å²) in [6.45, 7) is 6.47. The van der Waals surface area contributed by atoms with Crippen molar-refractivity contribution in [1.29, 1.82) is 0 Å². The molecule has 1 aromatic carbocycles. The number of aryl methyl sites for hydroxylation is 3. The fourth-order valence-corrected chi connectivity index (χ4v) is 1.83. The molecule has 3 heteroatoms. The first-order chi connectivity index (χ1) is 7.45. The molecule has 1 aromatic rings. The Labute approximate surface area is 97.3 Å². The minimum Gasteiger partial charge on any atom is -0.394 e. The van der Waals surface area contributed by atoms with Crippen LogP contribution in [-0.2, 0) is 0 Å². The summed E-state index contributed by atoms with van der Waals surface area (Å²) in [5.41, 5.74) is 4.81. The number of likely N-dealkylation sites (N-methyl/N-ethyl adjacent to an activating group) is 1. The largest absolute Gasteiger partial charge is 0.394 e. The highest BCUT2D eigenvalue weighted by Gasteiger charge is 2.10. The second-order valence-corrected chi connectivity index (χ2v) is 4.44. The maximum Gasteiger partial charge on any atom is 0.0945 e. The van der Waals surface area contributed by atoms with Crippen LogP contribution in [0.25, 0.3) is 0 Å². The van der Waals surface area contributed by atoms with Crippen molar-refractivity contribution >= 4 is 5.69 Å². The van der Waals surface area contributed by atoms with Crippen LogP contribution in [0.3, 0.4) is 0 Å². The van der Waals surface area contributed by atoms with Gasteiger partial charge in [0.05, 0.1) is 12.7 Å². The van der Waals surface area contributed by atoms with Crippen LogP contribution < -0.4 is 4.90 Å². The summed E-state index contributed by atoms with van der Waals surface area (Å²) in [6, 6.07) is 4.27. The van der Waals surface area contributed by atoms with Gasteiger partial charge >= 0.3 is 0 Å². The fraction of sp³-hybridized carbons (Fsp3) is 0.538. The van der Waals surface area contributed by atoms with Gasteiger partial charge in [-0.1, -0.05) is 6.07 Å². The molecular formula is C13H21NO2. The third kappa shape index (κ3) is 2.97. The SMILES string of the molecule is Cc1cc(C)c(N(C)CC(O)CO)cc1C. The zero-order valence-electron chi connectivity index (χ0n) is 10.5. The number of rotatable bonds is 4. The molecule has 0 saturated heterocycles. The maximum atomic E-state index is 9.41. The van der Waals surface area contributed by atoms with Gasteiger partial charge in [0.25, 0.3) is 0 Å². The molecule has 3 nitrogen and oxygen atoms in total. The van der Waals surface area contributed by atoms with Crippen molar-refractivity contribution in [1.82, 2.24) is 0 Å². The summed E-state index contributed by atoms with van der Waals surface area (Å²) in [7, 11) is 1.93. The van der Waals surface area contributed by atoms with E-state index in [0.29, 0.717) is 6.54 Å². The number of nitrogens with zero attached hydrogens (tertiary/aromatic N) is 1. The summed E-state index contributed by atoms with van der Waals surface area (Å²) in [6.07, 6.45) is -0.689. The van der Waals surface area contributed by atoms with Crippen molar-refractivity contribution in [2.45, 2.75) is 26.9 Å². The van der Waals surface area contributed by atoms with Crippen molar-refractivity contribution in [3.63, 3.8) is 0 Å². The average Bonchev–Trinajstić information content (AvgIpc) is 2.23. The molecule has 1 rings (SSSR count). The number of aliphatic hydroxyl groups is 2. The second-order valence-electron chi connectivity index (χ2n) is 4.44. The molecule has 0 heterocycles. The van der Waals surface area contributed by atoms with Crippen LogP contribution in [0, 0.1) is 20.8 Å².